The van der Waals surface area contributed by atoms with Crippen LogP contribution in [0.5, 0.6) is 5.88 Å². The SMILES string of the molecule is COC(=O)COc1nc(C2CC2)nc(N=[N+]=[N-])c1C. The number of hydrogen-bond donors (Lipinski definition) is 0. The molecule has 0 radical (unpaired) electrons. The zero-order valence-corrected chi connectivity index (χ0v) is 10.7. The Labute approximate surface area is 109 Å². The topological polar surface area (TPSA) is 110 Å². The zero-order chi connectivity index (χ0) is 13.8. The fourth-order valence-electron chi connectivity index (χ4n) is 1.49. The number of nitrogens with zero attached hydrogens (tertiary/aromatic N) is 5. The van der Waals surface area contributed by atoms with Gasteiger partial charge < -0.3 is 9.47 Å². The molecule has 0 N–H and O–H groups in total. The molecule has 1 heterocycles. The second-order valence-electron chi connectivity index (χ2n) is 4.16. The lowest BCUT2D eigenvalue weighted by molar-refractivity contribution is -0.143. The highest BCUT2D eigenvalue weighted by molar-refractivity contribution is 5.70. The molecule has 8 nitrogen and oxygen atoms in total. The summed E-state index contributed by atoms with van der Waals surface area (Å²) in [5.74, 6) is 0.863. The lowest BCUT2D eigenvalue weighted by atomic mass is 10.3. The summed E-state index contributed by atoms with van der Waals surface area (Å²) in [6, 6.07) is 0. The molecule has 19 heavy (non-hydrogen) atoms. The van der Waals surface area contributed by atoms with E-state index >= 15 is 0 Å². The van der Waals surface area contributed by atoms with Crippen LogP contribution in [-0.4, -0.2) is 29.7 Å². The van der Waals surface area contributed by atoms with Crippen molar-refractivity contribution in [2.75, 3.05) is 13.7 Å². The third-order valence-electron chi connectivity index (χ3n) is 2.73. The molecule has 0 spiro atoms. The Hall–Kier alpha value is -2.34. The third kappa shape index (κ3) is 3.11. The summed E-state index contributed by atoms with van der Waals surface area (Å²) in [4.78, 5) is 22.3. The van der Waals surface area contributed by atoms with Gasteiger partial charge in [-0.3, -0.25) is 0 Å². The van der Waals surface area contributed by atoms with Crippen molar-refractivity contribution in [3.63, 3.8) is 0 Å². The normalized spacial score (nSPS) is 13.6. The van der Waals surface area contributed by atoms with Gasteiger partial charge in [0.25, 0.3) is 0 Å². The molecule has 0 aliphatic heterocycles. The van der Waals surface area contributed by atoms with Crippen LogP contribution in [0.25, 0.3) is 10.4 Å². The van der Waals surface area contributed by atoms with Gasteiger partial charge in [0.2, 0.25) is 5.88 Å². The predicted molar refractivity (Wildman–Crippen MR) is 65.1 cm³/mol. The smallest absolute Gasteiger partial charge is 0.343 e. The maximum absolute atomic E-state index is 11.1. The third-order valence-corrected chi connectivity index (χ3v) is 2.73. The number of hydrogen-bond acceptors (Lipinski definition) is 6. The summed E-state index contributed by atoms with van der Waals surface area (Å²) in [6.45, 7) is 1.43. The van der Waals surface area contributed by atoms with E-state index in [0.29, 0.717) is 11.4 Å². The van der Waals surface area contributed by atoms with E-state index in [-0.39, 0.29) is 24.2 Å². The Kier molecular flexibility index (Phi) is 3.82. The zero-order valence-electron chi connectivity index (χ0n) is 10.7. The average Bonchev–Trinajstić information content (AvgIpc) is 3.23. The summed E-state index contributed by atoms with van der Waals surface area (Å²) in [5.41, 5.74) is 9.02. The first-order chi connectivity index (χ1) is 9.15. The minimum Gasteiger partial charge on any atom is -0.466 e. The van der Waals surface area contributed by atoms with Crippen LogP contribution in [0, 0.1) is 6.92 Å². The molecular weight excluding hydrogens is 250 g/mol. The van der Waals surface area contributed by atoms with E-state index in [0.717, 1.165) is 12.8 Å². The van der Waals surface area contributed by atoms with Crippen molar-refractivity contribution in [1.82, 2.24) is 9.97 Å². The highest BCUT2D eigenvalue weighted by Gasteiger charge is 2.28. The fraction of sp³-hybridized carbons (Fsp3) is 0.545. The van der Waals surface area contributed by atoms with Gasteiger partial charge in [-0.1, -0.05) is 0 Å². The molecule has 0 unspecified atom stereocenters. The van der Waals surface area contributed by atoms with Gasteiger partial charge in [0.05, 0.1) is 7.11 Å². The molecule has 2 rings (SSSR count). The van der Waals surface area contributed by atoms with Gasteiger partial charge in [0.15, 0.2) is 6.61 Å². The van der Waals surface area contributed by atoms with E-state index in [9.17, 15) is 4.79 Å². The first-order valence-electron chi connectivity index (χ1n) is 5.79. The Morgan fingerprint density at radius 2 is 2.26 bits per heavy atom. The minimum absolute atomic E-state index is 0.235. The lowest BCUT2D eigenvalue weighted by Gasteiger charge is -2.10. The number of aromatic nitrogens is 2. The summed E-state index contributed by atoms with van der Waals surface area (Å²) < 4.78 is 9.78. The Bertz CT molecular complexity index is 550. The van der Waals surface area contributed by atoms with E-state index in [2.05, 4.69) is 24.7 Å². The number of esters is 1. The van der Waals surface area contributed by atoms with E-state index in [1.165, 1.54) is 7.11 Å². The molecule has 1 aliphatic carbocycles. The number of methoxy groups -OCH3 is 1. The number of carbonyl (C=O) groups is 1. The molecule has 1 fully saturated rings. The quantitative estimate of drug-likeness (QED) is 0.350. The molecule has 1 aliphatic rings. The van der Waals surface area contributed by atoms with Crippen molar-refractivity contribution in [3.8, 4) is 5.88 Å². The molecule has 0 aromatic carbocycles. The van der Waals surface area contributed by atoms with Gasteiger partial charge in [-0.15, -0.1) is 0 Å². The van der Waals surface area contributed by atoms with Crippen LogP contribution in [-0.2, 0) is 9.53 Å². The minimum atomic E-state index is -0.503. The van der Waals surface area contributed by atoms with Crippen molar-refractivity contribution in [3.05, 3.63) is 21.8 Å². The summed E-state index contributed by atoms with van der Waals surface area (Å²) in [5, 5.41) is 3.52. The monoisotopic (exact) mass is 263 g/mol. The second kappa shape index (κ2) is 5.53. The lowest BCUT2D eigenvalue weighted by Crippen LogP contribution is -2.14. The van der Waals surface area contributed by atoms with Crippen LogP contribution < -0.4 is 4.74 Å². The van der Waals surface area contributed by atoms with Crippen LogP contribution >= 0.6 is 0 Å². The standard InChI is InChI=1S/C11H13N5O3/c1-6-9(15-16-12)13-10(7-3-4-7)14-11(6)19-5-8(17)18-2/h7H,3-5H2,1-2H3. The van der Waals surface area contributed by atoms with Gasteiger partial charge in [-0.25, -0.2) is 9.78 Å². The van der Waals surface area contributed by atoms with Crippen molar-refractivity contribution < 1.29 is 14.3 Å². The maximum Gasteiger partial charge on any atom is 0.343 e. The van der Waals surface area contributed by atoms with Gasteiger partial charge in [-0.05, 0) is 30.4 Å². The second-order valence-corrected chi connectivity index (χ2v) is 4.16. The number of carbonyl (C=O) groups excluding carboxylic acids is 1. The van der Waals surface area contributed by atoms with Gasteiger partial charge in [0, 0.05) is 16.4 Å². The molecule has 0 amide bonds. The first kappa shape index (κ1) is 13.1. The number of ether oxygens (including phenoxy) is 2. The van der Waals surface area contributed by atoms with Gasteiger partial charge in [-0.2, -0.15) is 4.98 Å². The predicted octanol–water partition coefficient (Wildman–Crippen LogP) is 2.16. The number of rotatable bonds is 5. The van der Waals surface area contributed by atoms with Crippen LogP contribution in [0.2, 0.25) is 0 Å². The fourth-order valence-corrected chi connectivity index (χ4v) is 1.49. The largest absolute Gasteiger partial charge is 0.466 e. The average molecular weight is 263 g/mol. The van der Waals surface area contributed by atoms with Crippen molar-refractivity contribution in [2.24, 2.45) is 5.11 Å². The number of azide groups is 1. The molecule has 100 valence electrons. The summed E-state index contributed by atoms with van der Waals surface area (Å²) in [7, 11) is 1.28. The van der Waals surface area contributed by atoms with E-state index < -0.39 is 5.97 Å². The molecule has 0 atom stereocenters. The van der Waals surface area contributed by atoms with E-state index in [4.69, 9.17) is 10.3 Å². The molecular formula is C11H13N5O3. The first-order valence-corrected chi connectivity index (χ1v) is 5.79. The van der Waals surface area contributed by atoms with Crippen LogP contribution in [0.3, 0.4) is 0 Å². The summed E-state index contributed by atoms with van der Waals surface area (Å²) >= 11 is 0. The molecule has 8 heteroatoms. The molecule has 1 aromatic rings. The Balaban J connectivity index is 2.29. The Morgan fingerprint density at radius 1 is 1.53 bits per heavy atom. The van der Waals surface area contributed by atoms with Crippen molar-refractivity contribution >= 4 is 11.8 Å². The maximum atomic E-state index is 11.1. The van der Waals surface area contributed by atoms with E-state index in [1.807, 2.05) is 0 Å². The van der Waals surface area contributed by atoms with Crippen LogP contribution in [0.1, 0.15) is 30.1 Å². The van der Waals surface area contributed by atoms with Crippen molar-refractivity contribution in [1.29, 1.82) is 0 Å². The molecule has 0 saturated heterocycles. The molecule has 1 saturated carbocycles. The van der Waals surface area contributed by atoms with Crippen LogP contribution in [0.4, 0.5) is 5.82 Å². The molecule has 1 aromatic heterocycles. The van der Waals surface area contributed by atoms with E-state index in [1.54, 1.807) is 6.92 Å². The van der Waals surface area contributed by atoms with Gasteiger partial charge in [0.1, 0.15) is 11.6 Å². The Morgan fingerprint density at radius 3 is 2.84 bits per heavy atom. The highest BCUT2D eigenvalue weighted by Crippen LogP contribution is 2.40. The highest BCUT2D eigenvalue weighted by atomic mass is 16.6. The van der Waals surface area contributed by atoms with Crippen LogP contribution in [0.15, 0.2) is 5.11 Å². The summed E-state index contributed by atoms with van der Waals surface area (Å²) in [6.07, 6.45) is 2.02. The van der Waals surface area contributed by atoms with Gasteiger partial charge >= 0.3 is 5.97 Å². The molecule has 0 bridgehead atoms. The van der Waals surface area contributed by atoms with Crippen molar-refractivity contribution in [2.45, 2.75) is 25.7 Å².